The second-order valence-corrected chi connectivity index (χ2v) is 5.74. The fourth-order valence-electron chi connectivity index (χ4n) is 2.61. The molecule has 3 aromatic rings. The van der Waals surface area contributed by atoms with E-state index >= 15 is 0 Å². The molecular weight excluding hydrogens is 345 g/mol. The van der Waals surface area contributed by atoms with Crippen LogP contribution in [0, 0.1) is 0 Å². The highest BCUT2D eigenvalue weighted by atomic mass is 19.4. The lowest BCUT2D eigenvalue weighted by molar-refractivity contribution is -0.138. The van der Waals surface area contributed by atoms with Crippen LogP contribution in [0.3, 0.4) is 0 Å². The minimum atomic E-state index is -4.46. The van der Waals surface area contributed by atoms with Crippen LogP contribution in [0.1, 0.15) is 17.7 Å². The number of benzene rings is 2. The van der Waals surface area contributed by atoms with Crippen molar-refractivity contribution < 1.29 is 23.1 Å². The summed E-state index contributed by atoms with van der Waals surface area (Å²) in [6, 6.07) is 15.7. The number of nitrogens with zero attached hydrogens (tertiary/aromatic N) is 2. The van der Waals surface area contributed by atoms with Crippen molar-refractivity contribution in [3.8, 4) is 16.9 Å². The highest BCUT2D eigenvalue weighted by molar-refractivity contribution is 5.67. The molecule has 26 heavy (non-hydrogen) atoms. The Morgan fingerprint density at radius 3 is 2.42 bits per heavy atom. The summed E-state index contributed by atoms with van der Waals surface area (Å²) in [5, 5.41) is 13.2. The van der Waals surface area contributed by atoms with Crippen LogP contribution in [0.15, 0.2) is 60.7 Å². The lowest BCUT2D eigenvalue weighted by Gasteiger charge is -2.11. The minimum absolute atomic E-state index is 0.103. The van der Waals surface area contributed by atoms with Gasteiger partial charge in [0.05, 0.1) is 29.1 Å². The number of carboxylic acids is 1. The summed E-state index contributed by atoms with van der Waals surface area (Å²) in [5.41, 5.74) is 1.38. The Morgan fingerprint density at radius 1 is 1.04 bits per heavy atom. The van der Waals surface area contributed by atoms with Gasteiger partial charge in [0, 0.05) is 12.0 Å². The van der Waals surface area contributed by atoms with Crippen molar-refractivity contribution in [3.63, 3.8) is 0 Å². The average Bonchev–Trinajstić information content (AvgIpc) is 3.04. The fraction of sp³-hybridized carbons (Fsp3) is 0.158. The van der Waals surface area contributed by atoms with E-state index in [1.807, 2.05) is 30.3 Å². The predicted octanol–water partition coefficient (Wildman–Crippen LogP) is 4.58. The number of aryl methyl sites for hydroxylation is 1. The van der Waals surface area contributed by atoms with Gasteiger partial charge in [0.15, 0.2) is 0 Å². The quantitative estimate of drug-likeness (QED) is 0.725. The standard InChI is InChI=1S/C19H15F3N2O2/c20-19(21,22)14-7-4-8-16(11-14)24-17(13-5-2-1-3-6-13)12-15(23-24)9-10-18(25)26/h1-8,11-12H,9-10H2,(H,25,26). The number of halogens is 3. The molecule has 3 rings (SSSR count). The van der Waals surface area contributed by atoms with Gasteiger partial charge in [0.2, 0.25) is 0 Å². The van der Waals surface area contributed by atoms with E-state index in [4.69, 9.17) is 5.11 Å². The molecule has 4 nitrogen and oxygen atoms in total. The van der Waals surface area contributed by atoms with E-state index in [-0.39, 0.29) is 18.5 Å². The molecule has 0 spiro atoms. The normalized spacial score (nSPS) is 11.5. The molecule has 0 unspecified atom stereocenters. The van der Waals surface area contributed by atoms with Gasteiger partial charge in [0.1, 0.15) is 0 Å². The van der Waals surface area contributed by atoms with Gasteiger partial charge in [-0.25, -0.2) is 4.68 Å². The summed E-state index contributed by atoms with van der Waals surface area (Å²) < 4.78 is 40.5. The van der Waals surface area contributed by atoms with Crippen LogP contribution in [0.5, 0.6) is 0 Å². The Labute approximate surface area is 147 Å². The van der Waals surface area contributed by atoms with Gasteiger partial charge in [-0.2, -0.15) is 18.3 Å². The van der Waals surface area contributed by atoms with E-state index in [9.17, 15) is 18.0 Å². The van der Waals surface area contributed by atoms with Crippen LogP contribution >= 0.6 is 0 Å². The first kappa shape index (κ1) is 17.7. The lowest BCUT2D eigenvalue weighted by atomic mass is 10.1. The van der Waals surface area contributed by atoms with Gasteiger partial charge in [-0.05, 0) is 24.3 Å². The van der Waals surface area contributed by atoms with E-state index in [0.717, 1.165) is 17.7 Å². The zero-order chi connectivity index (χ0) is 18.7. The van der Waals surface area contributed by atoms with Crippen LogP contribution in [-0.2, 0) is 17.4 Å². The molecule has 1 N–H and O–H groups in total. The van der Waals surface area contributed by atoms with Crippen LogP contribution in [0.25, 0.3) is 16.9 Å². The van der Waals surface area contributed by atoms with Crippen molar-refractivity contribution >= 4 is 5.97 Å². The van der Waals surface area contributed by atoms with Crippen molar-refractivity contribution in [1.29, 1.82) is 0 Å². The summed E-state index contributed by atoms with van der Waals surface area (Å²) in [7, 11) is 0. The van der Waals surface area contributed by atoms with Gasteiger partial charge in [-0.3, -0.25) is 4.79 Å². The fourth-order valence-corrected chi connectivity index (χ4v) is 2.61. The smallest absolute Gasteiger partial charge is 0.416 e. The molecule has 1 heterocycles. The summed E-state index contributed by atoms with van der Waals surface area (Å²) in [6.07, 6.45) is -4.36. The number of carboxylic acid groups (broad SMARTS) is 1. The Kier molecular flexibility index (Phi) is 4.79. The number of aliphatic carboxylic acids is 1. The average molecular weight is 360 g/mol. The summed E-state index contributed by atoms with van der Waals surface area (Å²) in [6.45, 7) is 0. The monoisotopic (exact) mass is 360 g/mol. The zero-order valence-electron chi connectivity index (χ0n) is 13.6. The van der Waals surface area contributed by atoms with E-state index in [2.05, 4.69) is 5.10 Å². The maximum absolute atomic E-state index is 13.0. The number of alkyl halides is 3. The van der Waals surface area contributed by atoms with Crippen molar-refractivity contribution in [2.24, 2.45) is 0 Å². The van der Waals surface area contributed by atoms with Gasteiger partial charge < -0.3 is 5.11 Å². The summed E-state index contributed by atoms with van der Waals surface area (Å²) in [4.78, 5) is 10.8. The molecule has 0 amide bonds. The van der Waals surface area contributed by atoms with Crippen LogP contribution in [-0.4, -0.2) is 20.9 Å². The Hall–Kier alpha value is -3.09. The van der Waals surface area contributed by atoms with Crippen molar-refractivity contribution in [2.75, 3.05) is 0 Å². The van der Waals surface area contributed by atoms with Crippen LogP contribution < -0.4 is 0 Å². The molecule has 0 aliphatic rings. The van der Waals surface area contributed by atoms with Gasteiger partial charge in [-0.15, -0.1) is 0 Å². The van der Waals surface area contributed by atoms with Gasteiger partial charge in [-0.1, -0.05) is 36.4 Å². The third-order valence-corrected chi connectivity index (χ3v) is 3.84. The van der Waals surface area contributed by atoms with Crippen molar-refractivity contribution in [2.45, 2.75) is 19.0 Å². The molecule has 0 fully saturated rings. The molecule has 2 aromatic carbocycles. The summed E-state index contributed by atoms with van der Waals surface area (Å²) in [5.74, 6) is -0.958. The molecule has 0 radical (unpaired) electrons. The molecule has 0 aliphatic heterocycles. The second kappa shape index (κ2) is 7.03. The van der Waals surface area contributed by atoms with Crippen molar-refractivity contribution in [3.05, 3.63) is 71.9 Å². The highest BCUT2D eigenvalue weighted by Gasteiger charge is 2.30. The highest BCUT2D eigenvalue weighted by Crippen LogP contribution is 2.31. The Bertz CT molecular complexity index is 918. The molecule has 7 heteroatoms. The Balaban J connectivity index is 2.09. The predicted molar refractivity (Wildman–Crippen MR) is 90.0 cm³/mol. The first-order valence-electron chi connectivity index (χ1n) is 7.88. The molecule has 0 saturated carbocycles. The molecule has 0 bridgehead atoms. The van der Waals surface area contributed by atoms with E-state index in [1.165, 1.54) is 16.8 Å². The first-order chi connectivity index (χ1) is 12.3. The number of hydrogen-bond acceptors (Lipinski definition) is 2. The number of carbonyl (C=O) groups is 1. The molecular formula is C19H15F3N2O2. The number of aromatic nitrogens is 2. The lowest BCUT2D eigenvalue weighted by Crippen LogP contribution is -2.07. The van der Waals surface area contributed by atoms with E-state index in [1.54, 1.807) is 6.07 Å². The minimum Gasteiger partial charge on any atom is -0.481 e. The second-order valence-electron chi connectivity index (χ2n) is 5.74. The third kappa shape index (κ3) is 3.93. The molecule has 0 aliphatic carbocycles. The van der Waals surface area contributed by atoms with E-state index in [0.29, 0.717) is 11.4 Å². The Morgan fingerprint density at radius 2 is 1.77 bits per heavy atom. The topological polar surface area (TPSA) is 55.1 Å². The number of hydrogen-bond donors (Lipinski definition) is 1. The van der Waals surface area contributed by atoms with Crippen LogP contribution in [0.4, 0.5) is 13.2 Å². The maximum Gasteiger partial charge on any atom is 0.416 e. The molecule has 0 atom stereocenters. The number of rotatable bonds is 5. The van der Waals surface area contributed by atoms with Gasteiger partial charge >= 0.3 is 12.1 Å². The van der Waals surface area contributed by atoms with E-state index < -0.39 is 17.7 Å². The first-order valence-corrected chi connectivity index (χ1v) is 7.88. The summed E-state index contributed by atoms with van der Waals surface area (Å²) >= 11 is 0. The maximum atomic E-state index is 13.0. The van der Waals surface area contributed by atoms with Crippen molar-refractivity contribution in [1.82, 2.24) is 9.78 Å². The van der Waals surface area contributed by atoms with Crippen LogP contribution in [0.2, 0.25) is 0 Å². The van der Waals surface area contributed by atoms with Gasteiger partial charge in [0.25, 0.3) is 0 Å². The third-order valence-electron chi connectivity index (χ3n) is 3.84. The SMILES string of the molecule is O=C(O)CCc1cc(-c2ccccc2)n(-c2cccc(C(F)(F)F)c2)n1. The molecule has 134 valence electrons. The molecule has 0 saturated heterocycles. The molecule has 1 aromatic heterocycles. The zero-order valence-corrected chi connectivity index (χ0v) is 13.6. The largest absolute Gasteiger partial charge is 0.481 e.